The quantitative estimate of drug-likeness (QED) is 0.343. The SMILES string of the molecule is CC(=O)c1cn(CC(=O)N2C[C@H](F)C[C@H]2C(=O)Nc2cncc(Cl)c2)c2ccc(Nc3cncnc3)cc12. The van der Waals surface area contributed by atoms with Crippen molar-refractivity contribution in [2.45, 2.75) is 32.1 Å². The molecule has 0 aliphatic carbocycles. The molecule has 0 unspecified atom stereocenters. The first-order valence-corrected chi connectivity index (χ1v) is 12.2. The molecule has 1 fully saturated rings. The van der Waals surface area contributed by atoms with E-state index in [9.17, 15) is 18.8 Å². The van der Waals surface area contributed by atoms with Crippen molar-refractivity contribution in [1.29, 1.82) is 0 Å². The second-order valence-corrected chi connectivity index (χ2v) is 9.42. The Labute approximate surface area is 221 Å². The first-order valence-electron chi connectivity index (χ1n) is 11.8. The molecule has 194 valence electrons. The summed E-state index contributed by atoms with van der Waals surface area (Å²) < 4.78 is 16.0. The lowest BCUT2D eigenvalue weighted by atomic mass is 10.1. The second-order valence-electron chi connectivity index (χ2n) is 8.99. The lowest BCUT2D eigenvalue weighted by molar-refractivity contribution is -0.137. The van der Waals surface area contributed by atoms with Gasteiger partial charge in [-0.3, -0.25) is 19.4 Å². The van der Waals surface area contributed by atoms with Gasteiger partial charge in [0.2, 0.25) is 11.8 Å². The van der Waals surface area contributed by atoms with Gasteiger partial charge in [0.15, 0.2) is 5.78 Å². The molecule has 10 nitrogen and oxygen atoms in total. The summed E-state index contributed by atoms with van der Waals surface area (Å²) in [6, 6.07) is 5.93. The molecule has 2 atom stereocenters. The molecule has 2 N–H and O–H groups in total. The molecule has 2 amide bonds. The summed E-state index contributed by atoms with van der Waals surface area (Å²) in [6.45, 7) is 1.08. The number of likely N-dealkylation sites (tertiary alicyclic amines) is 1. The van der Waals surface area contributed by atoms with Gasteiger partial charge in [-0.25, -0.2) is 14.4 Å². The normalized spacial score (nSPS) is 17.0. The van der Waals surface area contributed by atoms with Crippen molar-refractivity contribution < 1.29 is 18.8 Å². The molecule has 1 saturated heterocycles. The number of anilines is 3. The summed E-state index contributed by atoms with van der Waals surface area (Å²) in [4.78, 5) is 51.8. The minimum absolute atomic E-state index is 0.116. The third-order valence-electron chi connectivity index (χ3n) is 6.26. The van der Waals surface area contributed by atoms with Crippen LogP contribution < -0.4 is 10.6 Å². The summed E-state index contributed by atoms with van der Waals surface area (Å²) in [5.74, 6) is -1.13. The lowest BCUT2D eigenvalue weighted by Gasteiger charge is -2.24. The van der Waals surface area contributed by atoms with Crippen LogP contribution in [-0.4, -0.2) is 60.8 Å². The first-order chi connectivity index (χ1) is 18.3. The fourth-order valence-electron chi connectivity index (χ4n) is 4.57. The van der Waals surface area contributed by atoms with Gasteiger partial charge in [0, 0.05) is 41.0 Å². The smallest absolute Gasteiger partial charge is 0.247 e. The standard InChI is InChI=1S/C26H23ClFN7O3/c1-15(36)22-12-34(23-3-2-18(6-21(22)23)32-20-9-30-14-31-10-20)13-25(37)35-11-17(28)5-24(35)26(38)33-19-4-16(27)7-29-8-19/h2-4,6-10,12,14,17,24,32H,5,11,13H2,1H3,(H,33,38)/t17-,24+/m1/s1. The number of Topliss-reactive ketones (excluding diaryl/α,β-unsaturated/α-hetero) is 1. The number of nitrogens with one attached hydrogen (secondary N) is 2. The summed E-state index contributed by atoms with van der Waals surface area (Å²) in [6.07, 6.45) is 7.66. The number of benzene rings is 1. The number of halogens is 2. The Bertz CT molecular complexity index is 1530. The van der Waals surface area contributed by atoms with Crippen LogP contribution in [0.4, 0.5) is 21.5 Å². The number of carbonyl (C=O) groups excluding carboxylic acids is 3. The van der Waals surface area contributed by atoms with Crippen LogP contribution in [0, 0.1) is 0 Å². The second kappa shape index (κ2) is 10.5. The van der Waals surface area contributed by atoms with Crippen molar-refractivity contribution in [2.24, 2.45) is 0 Å². The van der Waals surface area contributed by atoms with Crippen molar-refractivity contribution in [3.63, 3.8) is 0 Å². The number of pyridine rings is 1. The van der Waals surface area contributed by atoms with Crippen LogP contribution in [0.2, 0.25) is 5.02 Å². The van der Waals surface area contributed by atoms with Crippen LogP contribution in [0.15, 0.2) is 61.6 Å². The highest BCUT2D eigenvalue weighted by Crippen LogP contribution is 2.28. The highest BCUT2D eigenvalue weighted by Gasteiger charge is 2.40. The van der Waals surface area contributed by atoms with Crippen molar-refractivity contribution in [3.05, 3.63) is 72.2 Å². The van der Waals surface area contributed by atoms with Gasteiger partial charge < -0.3 is 20.1 Å². The Morgan fingerprint density at radius 3 is 2.55 bits per heavy atom. The summed E-state index contributed by atoms with van der Waals surface area (Å²) >= 11 is 5.93. The number of rotatable bonds is 7. The molecule has 38 heavy (non-hydrogen) atoms. The first kappa shape index (κ1) is 25.3. The number of ketones is 1. The number of amides is 2. The highest BCUT2D eigenvalue weighted by molar-refractivity contribution is 6.30. The van der Waals surface area contributed by atoms with Gasteiger partial charge in [0.25, 0.3) is 0 Å². The van der Waals surface area contributed by atoms with Gasteiger partial charge in [0.05, 0.1) is 41.5 Å². The maximum Gasteiger partial charge on any atom is 0.247 e. The highest BCUT2D eigenvalue weighted by atomic mass is 35.5. The molecule has 3 aromatic heterocycles. The molecule has 12 heteroatoms. The van der Waals surface area contributed by atoms with Crippen LogP contribution in [0.1, 0.15) is 23.7 Å². The van der Waals surface area contributed by atoms with Gasteiger partial charge in [-0.05, 0) is 31.2 Å². The number of nitrogens with zero attached hydrogens (tertiary/aromatic N) is 5. The van der Waals surface area contributed by atoms with Crippen LogP contribution in [0.5, 0.6) is 0 Å². The van der Waals surface area contributed by atoms with Gasteiger partial charge in [-0.15, -0.1) is 0 Å². The molecule has 0 spiro atoms. The average molecular weight is 536 g/mol. The Balaban J connectivity index is 1.38. The van der Waals surface area contributed by atoms with Crippen LogP contribution in [-0.2, 0) is 16.1 Å². The Morgan fingerprint density at radius 1 is 1.05 bits per heavy atom. The predicted molar refractivity (Wildman–Crippen MR) is 140 cm³/mol. The fourth-order valence-corrected chi connectivity index (χ4v) is 4.74. The van der Waals surface area contributed by atoms with Crippen molar-refractivity contribution >= 4 is 57.2 Å². The van der Waals surface area contributed by atoms with E-state index in [1.54, 1.807) is 29.2 Å². The number of fused-ring (bicyclic) bond motifs is 1. The van der Waals surface area contributed by atoms with E-state index in [2.05, 4.69) is 25.6 Å². The lowest BCUT2D eigenvalue weighted by Crippen LogP contribution is -2.44. The minimum Gasteiger partial charge on any atom is -0.353 e. The van der Waals surface area contributed by atoms with Gasteiger partial charge >= 0.3 is 0 Å². The van der Waals surface area contributed by atoms with Crippen molar-refractivity contribution in [3.8, 4) is 0 Å². The molecule has 4 heterocycles. The summed E-state index contributed by atoms with van der Waals surface area (Å²) in [7, 11) is 0. The molecule has 0 bridgehead atoms. The maximum absolute atomic E-state index is 14.4. The third kappa shape index (κ3) is 5.32. The van der Waals surface area contributed by atoms with Crippen LogP contribution in [0.3, 0.4) is 0 Å². The van der Waals surface area contributed by atoms with E-state index < -0.39 is 24.0 Å². The Hall–Kier alpha value is -4.38. The van der Waals surface area contributed by atoms with Crippen molar-refractivity contribution in [2.75, 3.05) is 17.2 Å². The molecule has 5 rings (SSSR count). The molecule has 0 saturated carbocycles. The topological polar surface area (TPSA) is 122 Å². The number of aromatic nitrogens is 4. The summed E-state index contributed by atoms with van der Waals surface area (Å²) in [5, 5.41) is 6.83. The van der Waals surface area contributed by atoms with Crippen LogP contribution in [0.25, 0.3) is 10.9 Å². The average Bonchev–Trinajstić information content (AvgIpc) is 3.45. The molecular formula is C26H23ClFN7O3. The van der Waals surface area contributed by atoms with E-state index in [0.717, 1.165) is 0 Å². The van der Waals surface area contributed by atoms with Gasteiger partial charge in [-0.1, -0.05) is 11.6 Å². The van der Waals surface area contributed by atoms with E-state index in [-0.39, 0.29) is 25.3 Å². The molecular weight excluding hydrogens is 513 g/mol. The van der Waals surface area contributed by atoms with Crippen molar-refractivity contribution in [1.82, 2.24) is 24.4 Å². The Morgan fingerprint density at radius 2 is 1.82 bits per heavy atom. The van der Waals surface area contributed by atoms with Crippen LogP contribution >= 0.6 is 11.6 Å². The zero-order valence-electron chi connectivity index (χ0n) is 20.3. The molecule has 0 radical (unpaired) electrons. The monoisotopic (exact) mass is 535 g/mol. The molecule has 1 aliphatic heterocycles. The predicted octanol–water partition coefficient (Wildman–Crippen LogP) is 4.00. The van der Waals surface area contributed by atoms with E-state index in [1.165, 1.54) is 36.6 Å². The number of hydrogen-bond acceptors (Lipinski definition) is 7. The zero-order valence-corrected chi connectivity index (χ0v) is 21.0. The molecule has 1 aliphatic rings. The Kier molecular flexibility index (Phi) is 7.01. The zero-order chi connectivity index (χ0) is 26.8. The van der Waals surface area contributed by atoms with Gasteiger partial charge in [0.1, 0.15) is 25.1 Å². The van der Waals surface area contributed by atoms with Gasteiger partial charge in [-0.2, -0.15) is 0 Å². The van der Waals surface area contributed by atoms with E-state index in [0.29, 0.717) is 38.6 Å². The molecule has 4 aromatic rings. The van der Waals surface area contributed by atoms with E-state index in [1.807, 2.05) is 12.1 Å². The third-order valence-corrected chi connectivity index (χ3v) is 6.47. The summed E-state index contributed by atoms with van der Waals surface area (Å²) in [5.41, 5.74) is 2.84. The minimum atomic E-state index is -1.34. The molecule has 1 aromatic carbocycles. The van der Waals surface area contributed by atoms with E-state index >= 15 is 0 Å². The largest absolute Gasteiger partial charge is 0.353 e. The number of hydrogen-bond donors (Lipinski definition) is 2. The maximum atomic E-state index is 14.4. The number of carbonyl (C=O) groups is 3. The fraction of sp³-hybridized carbons (Fsp3) is 0.231. The van der Waals surface area contributed by atoms with E-state index in [4.69, 9.17) is 11.6 Å². The number of alkyl halides is 1.